The Morgan fingerprint density at radius 2 is 1.96 bits per heavy atom. The lowest BCUT2D eigenvalue weighted by Crippen LogP contribution is -2.44. The summed E-state index contributed by atoms with van der Waals surface area (Å²) in [6.45, 7) is 6.26. The monoisotopic (exact) mass is 405 g/mol. The minimum absolute atomic E-state index is 0.0892. The van der Waals surface area contributed by atoms with Crippen molar-refractivity contribution < 1.29 is 8.42 Å². The number of rotatable bonds is 5. The molecule has 2 saturated heterocycles. The molecule has 2 aliphatic heterocycles. The normalized spacial score (nSPS) is 24.6. The molecule has 0 bridgehead atoms. The lowest BCUT2D eigenvalue weighted by atomic mass is 9.79. The predicted molar refractivity (Wildman–Crippen MR) is 108 cm³/mol. The van der Waals surface area contributed by atoms with Crippen LogP contribution in [0.4, 0.5) is 0 Å². The van der Waals surface area contributed by atoms with Crippen molar-refractivity contribution in [2.75, 3.05) is 26.2 Å². The fourth-order valence-corrected chi connectivity index (χ4v) is 6.66. The molecule has 1 aromatic heterocycles. The molecule has 7 heteroatoms. The summed E-state index contributed by atoms with van der Waals surface area (Å²) in [5, 5.41) is 3.16. The number of thiazole rings is 1. The molecule has 1 unspecified atom stereocenters. The van der Waals surface area contributed by atoms with E-state index in [4.69, 9.17) is 0 Å². The highest BCUT2D eigenvalue weighted by Gasteiger charge is 2.45. The van der Waals surface area contributed by atoms with Gasteiger partial charge < -0.3 is 0 Å². The summed E-state index contributed by atoms with van der Waals surface area (Å²) < 4.78 is 27.9. The smallest absolute Gasteiger partial charge is 0.243 e. The second-order valence-electron chi connectivity index (χ2n) is 7.83. The topological polar surface area (TPSA) is 53.5 Å². The summed E-state index contributed by atoms with van der Waals surface area (Å²) in [6.07, 6.45) is 5.97. The quantitative estimate of drug-likeness (QED) is 0.765. The van der Waals surface area contributed by atoms with Gasteiger partial charge in [0.1, 0.15) is 5.01 Å². The number of sulfonamides is 1. The van der Waals surface area contributed by atoms with E-state index in [0.717, 1.165) is 55.9 Å². The van der Waals surface area contributed by atoms with Gasteiger partial charge in [-0.2, -0.15) is 4.31 Å². The number of nitrogens with zero attached hydrogens (tertiary/aromatic N) is 3. The molecule has 1 aromatic carbocycles. The lowest BCUT2D eigenvalue weighted by molar-refractivity contribution is 0.0934. The van der Waals surface area contributed by atoms with E-state index in [9.17, 15) is 8.42 Å². The maximum absolute atomic E-state index is 13.1. The zero-order chi connectivity index (χ0) is 18.9. The molecule has 4 rings (SSSR count). The molecule has 0 aliphatic carbocycles. The molecule has 2 aliphatic rings. The van der Waals surface area contributed by atoms with Gasteiger partial charge in [0.25, 0.3) is 0 Å². The molecule has 1 atom stereocenters. The van der Waals surface area contributed by atoms with Gasteiger partial charge in [-0.25, -0.2) is 13.4 Å². The fraction of sp³-hybridized carbons (Fsp3) is 0.550. The molecule has 0 N–H and O–H groups in total. The highest BCUT2D eigenvalue weighted by molar-refractivity contribution is 7.89. The van der Waals surface area contributed by atoms with Crippen molar-refractivity contribution in [3.05, 3.63) is 46.4 Å². The highest BCUT2D eigenvalue weighted by Crippen LogP contribution is 2.41. The van der Waals surface area contributed by atoms with Crippen LogP contribution in [0.15, 0.2) is 40.7 Å². The van der Waals surface area contributed by atoms with E-state index in [1.807, 2.05) is 23.7 Å². The highest BCUT2D eigenvalue weighted by atomic mass is 32.2. The van der Waals surface area contributed by atoms with Crippen molar-refractivity contribution in [3.8, 4) is 0 Å². The summed E-state index contributed by atoms with van der Waals surface area (Å²) in [4.78, 5) is 7.28. The molecule has 146 valence electrons. The van der Waals surface area contributed by atoms with E-state index >= 15 is 0 Å². The second-order valence-corrected chi connectivity index (χ2v) is 10.7. The van der Waals surface area contributed by atoms with E-state index in [1.165, 1.54) is 0 Å². The number of hydrogen-bond acceptors (Lipinski definition) is 5. The van der Waals surface area contributed by atoms with Crippen LogP contribution in [0.1, 0.15) is 36.8 Å². The summed E-state index contributed by atoms with van der Waals surface area (Å²) in [5.74, 6) is 0. The molecule has 0 radical (unpaired) electrons. The number of piperidine rings is 1. The predicted octanol–water partition coefficient (Wildman–Crippen LogP) is 3.38. The maximum Gasteiger partial charge on any atom is 0.243 e. The Hall–Kier alpha value is -1.28. The Morgan fingerprint density at radius 1 is 1.15 bits per heavy atom. The van der Waals surface area contributed by atoms with Crippen LogP contribution in [0.25, 0.3) is 0 Å². The van der Waals surface area contributed by atoms with Crippen LogP contribution < -0.4 is 0 Å². The zero-order valence-corrected chi connectivity index (χ0v) is 17.4. The minimum atomic E-state index is -3.40. The van der Waals surface area contributed by atoms with Crippen LogP contribution >= 0.6 is 11.3 Å². The van der Waals surface area contributed by atoms with Gasteiger partial charge >= 0.3 is 0 Å². The maximum atomic E-state index is 13.1. The largest absolute Gasteiger partial charge is 0.296 e. The number of aryl methyl sites for hydroxylation is 1. The first-order valence-corrected chi connectivity index (χ1v) is 12.0. The Bertz CT molecular complexity index is 865. The summed E-state index contributed by atoms with van der Waals surface area (Å²) in [5.41, 5.74) is 1.25. The molecule has 5 nitrogen and oxygen atoms in total. The third-order valence-corrected chi connectivity index (χ3v) is 8.58. The SMILES string of the molecule is CCc1ccc(S(=O)(=O)N2CCC3(CCCN(Cc4nccs4)C3)C2)cc1. The summed E-state index contributed by atoms with van der Waals surface area (Å²) in [7, 11) is -3.40. The van der Waals surface area contributed by atoms with E-state index < -0.39 is 10.0 Å². The number of hydrogen-bond donors (Lipinski definition) is 0. The Balaban J connectivity index is 1.46. The van der Waals surface area contributed by atoms with Gasteiger partial charge in [0.05, 0.1) is 11.4 Å². The van der Waals surface area contributed by atoms with Crippen LogP contribution in [0.3, 0.4) is 0 Å². The molecular formula is C20H27N3O2S2. The molecular weight excluding hydrogens is 378 g/mol. The van der Waals surface area contributed by atoms with Crippen molar-refractivity contribution in [1.29, 1.82) is 0 Å². The molecule has 3 heterocycles. The molecule has 2 fully saturated rings. The standard InChI is InChI=1S/C20H27N3O2S2/c1-2-17-4-6-18(7-5-17)27(24,25)23-12-9-20(16-23)8-3-11-22(15-20)14-19-21-10-13-26-19/h4-7,10,13H,2-3,8-9,11-12,14-16H2,1H3. The van der Waals surface area contributed by atoms with Crippen molar-refractivity contribution in [2.24, 2.45) is 5.41 Å². The van der Waals surface area contributed by atoms with E-state index in [-0.39, 0.29) is 5.41 Å². The summed E-state index contributed by atoms with van der Waals surface area (Å²) >= 11 is 1.69. The van der Waals surface area contributed by atoms with Gasteiger partial charge in [-0.05, 0) is 55.3 Å². The van der Waals surface area contributed by atoms with Crippen molar-refractivity contribution >= 4 is 21.4 Å². The van der Waals surface area contributed by atoms with Gasteiger partial charge in [0.15, 0.2) is 0 Å². The minimum Gasteiger partial charge on any atom is -0.296 e. The van der Waals surface area contributed by atoms with Crippen LogP contribution in [0.5, 0.6) is 0 Å². The van der Waals surface area contributed by atoms with Crippen molar-refractivity contribution in [2.45, 2.75) is 44.0 Å². The number of likely N-dealkylation sites (tertiary alicyclic amines) is 1. The number of aromatic nitrogens is 1. The first-order valence-electron chi connectivity index (χ1n) is 9.71. The molecule has 0 saturated carbocycles. The Morgan fingerprint density at radius 3 is 2.67 bits per heavy atom. The third-order valence-electron chi connectivity index (χ3n) is 5.96. The number of benzene rings is 1. The average molecular weight is 406 g/mol. The zero-order valence-electron chi connectivity index (χ0n) is 15.8. The first kappa shape index (κ1) is 19.1. The van der Waals surface area contributed by atoms with E-state index in [2.05, 4.69) is 16.8 Å². The molecule has 1 spiro atoms. The Labute approximate surface area is 166 Å². The first-order chi connectivity index (χ1) is 13.0. The van der Waals surface area contributed by atoms with Crippen LogP contribution in [0, 0.1) is 5.41 Å². The third kappa shape index (κ3) is 3.97. The van der Waals surface area contributed by atoms with Gasteiger partial charge in [-0.3, -0.25) is 4.90 Å². The molecule has 27 heavy (non-hydrogen) atoms. The summed E-state index contributed by atoms with van der Waals surface area (Å²) in [6, 6.07) is 7.37. The van der Waals surface area contributed by atoms with E-state index in [0.29, 0.717) is 18.0 Å². The van der Waals surface area contributed by atoms with Gasteiger partial charge in [0.2, 0.25) is 10.0 Å². The molecule has 2 aromatic rings. The Kier molecular flexibility index (Phi) is 5.38. The second kappa shape index (κ2) is 7.62. The van der Waals surface area contributed by atoms with Crippen molar-refractivity contribution in [1.82, 2.24) is 14.2 Å². The van der Waals surface area contributed by atoms with Crippen LogP contribution in [0.2, 0.25) is 0 Å². The van der Waals surface area contributed by atoms with Gasteiger partial charge in [0, 0.05) is 31.2 Å². The van der Waals surface area contributed by atoms with Gasteiger partial charge in [-0.1, -0.05) is 19.1 Å². The van der Waals surface area contributed by atoms with Crippen molar-refractivity contribution in [3.63, 3.8) is 0 Å². The molecule has 0 amide bonds. The lowest BCUT2D eigenvalue weighted by Gasteiger charge is -2.40. The van der Waals surface area contributed by atoms with E-state index in [1.54, 1.807) is 27.8 Å². The average Bonchev–Trinajstić information content (AvgIpc) is 3.33. The van der Waals surface area contributed by atoms with Crippen LogP contribution in [-0.2, 0) is 23.0 Å². The van der Waals surface area contributed by atoms with Gasteiger partial charge in [-0.15, -0.1) is 11.3 Å². The fourth-order valence-electron chi connectivity index (χ4n) is 4.45. The van der Waals surface area contributed by atoms with Crippen LogP contribution in [-0.4, -0.2) is 48.8 Å².